The first-order valence-corrected chi connectivity index (χ1v) is 22.6. The minimum atomic E-state index is 0.316. The van der Waals surface area contributed by atoms with Crippen LogP contribution in [0, 0.1) is 0 Å². The van der Waals surface area contributed by atoms with Crippen LogP contribution in [0.5, 0.6) is 0 Å². The number of anilines is 6. The maximum Gasteiger partial charge on any atom is 0.0574 e. The van der Waals surface area contributed by atoms with Crippen LogP contribution in [0.2, 0.25) is 0 Å². The predicted octanol–water partition coefficient (Wildman–Crippen LogP) is 18.3. The Morgan fingerprint density at radius 3 is 1.03 bits per heavy atom. The van der Waals surface area contributed by atoms with Gasteiger partial charge in [-0.1, -0.05) is 177 Å². The fourth-order valence-corrected chi connectivity index (χ4v) is 9.92. The van der Waals surface area contributed by atoms with E-state index in [1.165, 1.54) is 98.9 Å². The van der Waals surface area contributed by atoms with Gasteiger partial charge in [-0.05, 0) is 127 Å². The lowest BCUT2D eigenvalue weighted by atomic mass is 9.89. The third-order valence-corrected chi connectivity index (χ3v) is 13.3. The molecular formula is C60H56N2. The summed E-state index contributed by atoms with van der Waals surface area (Å²) in [6.07, 6.45) is 0. The summed E-state index contributed by atoms with van der Waals surface area (Å²) in [5, 5.41) is 12.7. The summed E-state index contributed by atoms with van der Waals surface area (Å²) < 4.78 is 0. The lowest BCUT2D eigenvalue weighted by Gasteiger charge is -2.33. The van der Waals surface area contributed by atoms with Gasteiger partial charge in [-0.25, -0.2) is 0 Å². The maximum atomic E-state index is 2.56. The number of para-hydroxylation sites is 2. The molecular weight excluding hydrogens is 749 g/mol. The number of hydrogen-bond donors (Lipinski definition) is 0. The molecule has 2 heteroatoms. The van der Waals surface area contributed by atoms with Gasteiger partial charge in [0.1, 0.15) is 0 Å². The lowest BCUT2D eigenvalue weighted by Crippen LogP contribution is -2.15. The molecule has 0 aliphatic carbocycles. The molecule has 0 aliphatic heterocycles. The highest BCUT2D eigenvalue weighted by atomic mass is 15.2. The Hall–Kier alpha value is -6.64. The molecule has 10 rings (SSSR count). The molecule has 0 aliphatic rings. The van der Waals surface area contributed by atoms with Crippen molar-refractivity contribution in [1.82, 2.24) is 0 Å². The quantitative estimate of drug-likeness (QED) is 0.127. The smallest absolute Gasteiger partial charge is 0.0574 e. The van der Waals surface area contributed by atoms with Crippen LogP contribution in [0.3, 0.4) is 0 Å². The Labute approximate surface area is 367 Å². The lowest BCUT2D eigenvalue weighted by molar-refractivity contribution is 0.863. The molecule has 2 nitrogen and oxygen atoms in total. The number of nitrogens with zero attached hydrogens (tertiary/aromatic N) is 2. The molecule has 62 heavy (non-hydrogen) atoms. The first-order valence-electron chi connectivity index (χ1n) is 22.6. The number of benzene rings is 10. The van der Waals surface area contributed by atoms with Gasteiger partial charge in [-0.15, -0.1) is 0 Å². The van der Waals surface area contributed by atoms with Crippen molar-refractivity contribution in [2.75, 3.05) is 9.80 Å². The van der Waals surface area contributed by atoms with Crippen molar-refractivity contribution in [1.29, 1.82) is 0 Å². The summed E-state index contributed by atoms with van der Waals surface area (Å²) in [4.78, 5) is 5.12. The van der Waals surface area contributed by atoms with Gasteiger partial charge in [-0.3, -0.25) is 0 Å². The first-order chi connectivity index (χ1) is 30.1. The van der Waals surface area contributed by atoms with E-state index in [9.17, 15) is 0 Å². The van der Waals surface area contributed by atoms with Crippen molar-refractivity contribution in [3.8, 4) is 0 Å². The summed E-state index contributed by atoms with van der Waals surface area (Å²) in [7, 11) is 0. The molecule has 0 unspecified atom stereocenters. The molecule has 306 valence electrons. The van der Waals surface area contributed by atoms with Crippen LogP contribution in [0.1, 0.15) is 101 Å². The second-order valence-electron chi connectivity index (χ2n) is 18.5. The highest BCUT2D eigenvalue weighted by molar-refractivity contribution is 6.28. The van der Waals surface area contributed by atoms with Gasteiger partial charge in [0.05, 0.1) is 22.7 Å². The Morgan fingerprint density at radius 2 is 0.661 bits per heavy atom. The third-order valence-electron chi connectivity index (χ3n) is 13.3. The SMILES string of the molecule is CC(C)c1ccc2ccc(C(C)C)c(N(c3ccccc3)c3ccc4ccc5c(N(c6ccccc6)c6c(C(C)C)ccc7ccc(C(C)C)cc67)ccc6ccc3c4c65)c2c1. The van der Waals surface area contributed by atoms with Crippen LogP contribution in [0.15, 0.2) is 170 Å². The molecule has 0 amide bonds. The largest absolute Gasteiger partial charge is 0.309 e. The van der Waals surface area contributed by atoms with Crippen LogP contribution >= 0.6 is 0 Å². The van der Waals surface area contributed by atoms with E-state index in [2.05, 4.69) is 235 Å². The number of fused-ring (bicyclic) bond motifs is 2. The number of hydrogen-bond acceptors (Lipinski definition) is 2. The van der Waals surface area contributed by atoms with Gasteiger partial charge >= 0.3 is 0 Å². The molecule has 0 aromatic heterocycles. The van der Waals surface area contributed by atoms with E-state index >= 15 is 0 Å². The van der Waals surface area contributed by atoms with Crippen LogP contribution in [-0.4, -0.2) is 0 Å². The fourth-order valence-electron chi connectivity index (χ4n) is 9.92. The standard InChI is InChI=1S/C60H56N2/c1-37(2)45-21-19-41-23-29-49(39(5)6)59(53(41)35-45)61(47-15-11-9-12-16-47)55-33-27-43-26-32-52-56(34-28-44-25-31-51(55)57(43)58(44)52)62(48-17-13-10-14-18-48)60-50(40(7)8)30-24-42-20-22-46(38(3)4)36-54(42)60/h9-40H,1-8H3. The summed E-state index contributed by atoms with van der Waals surface area (Å²) in [6, 6.07) is 64.3. The zero-order valence-corrected chi connectivity index (χ0v) is 37.4. The third kappa shape index (κ3) is 6.56. The number of rotatable bonds is 10. The highest BCUT2D eigenvalue weighted by Crippen LogP contribution is 2.51. The fraction of sp³-hybridized carbons (Fsp3) is 0.200. The van der Waals surface area contributed by atoms with Gasteiger partial charge in [0.2, 0.25) is 0 Å². The molecule has 0 radical (unpaired) electrons. The van der Waals surface area contributed by atoms with Crippen LogP contribution in [0.4, 0.5) is 34.1 Å². The second-order valence-corrected chi connectivity index (χ2v) is 18.5. The van der Waals surface area contributed by atoms with E-state index in [1.807, 2.05) is 0 Å². The van der Waals surface area contributed by atoms with Crippen molar-refractivity contribution >= 4 is 88.0 Å². The van der Waals surface area contributed by atoms with E-state index < -0.39 is 0 Å². The Balaban J connectivity index is 1.29. The molecule has 0 N–H and O–H groups in total. The zero-order valence-electron chi connectivity index (χ0n) is 37.4. The van der Waals surface area contributed by atoms with Crippen LogP contribution in [-0.2, 0) is 0 Å². The highest BCUT2D eigenvalue weighted by Gasteiger charge is 2.27. The monoisotopic (exact) mass is 804 g/mol. The Bertz CT molecular complexity index is 3020. The molecule has 0 fully saturated rings. The molecule has 0 saturated carbocycles. The zero-order chi connectivity index (χ0) is 42.8. The Kier molecular flexibility index (Phi) is 9.99. The van der Waals surface area contributed by atoms with Crippen molar-refractivity contribution in [2.24, 2.45) is 0 Å². The molecule has 0 spiro atoms. The van der Waals surface area contributed by atoms with Crippen molar-refractivity contribution < 1.29 is 0 Å². The van der Waals surface area contributed by atoms with Crippen molar-refractivity contribution in [3.05, 3.63) is 192 Å². The normalized spacial score (nSPS) is 12.1. The van der Waals surface area contributed by atoms with E-state index in [0.717, 1.165) is 11.4 Å². The van der Waals surface area contributed by atoms with Gasteiger partial charge in [0, 0.05) is 32.9 Å². The molecule has 0 saturated heterocycles. The van der Waals surface area contributed by atoms with Gasteiger partial charge in [-0.2, -0.15) is 0 Å². The van der Waals surface area contributed by atoms with Crippen LogP contribution in [0.25, 0.3) is 53.9 Å². The molecule has 0 atom stereocenters. The molecule has 0 heterocycles. The minimum absolute atomic E-state index is 0.316. The average molecular weight is 805 g/mol. The van der Waals surface area contributed by atoms with Gasteiger partial charge < -0.3 is 9.80 Å². The van der Waals surface area contributed by atoms with E-state index in [1.54, 1.807) is 0 Å². The summed E-state index contributed by atoms with van der Waals surface area (Å²) in [6.45, 7) is 18.5. The van der Waals surface area contributed by atoms with E-state index in [0.29, 0.717) is 23.7 Å². The Morgan fingerprint density at radius 1 is 0.306 bits per heavy atom. The average Bonchev–Trinajstić information content (AvgIpc) is 3.29. The topological polar surface area (TPSA) is 6.48 Å². The predicted molar refractivity (Wildman–Crippen MR) is 271 cm³/mol. The van der Waals surface area contributed by atoms with Crippen LogP contribution < -0.4 is 9.80 Å². The summed E-state index contributed by atoms with van der Waals surface area (Å²) >= 11 is 0. The molecule has 10 aromatic rings. The summed E-state index contributed by atoms with van der Waals surface area (Å²) in [5.41, 5.74) is 12.6. The minimum Gasteiger partial charge on any atom is -0.309 e. The van der Waals surface area contributed by atoms with Crippen molar-refractivity contribution in [3.63, 3.8) is 0 Å². The molecule has 0 bridgehead atoms. The van der Waals surface area contributed by atoms with Gasteiger partial charge in [0.25, 0.3) is 0 Å². The van der Waals surface area contributed by atoms with Crippen molar-refractivity contribution in [2.45, 2.75) is 79.1 Å². The summed E-state index contributed by atoms with van der Waals surface area (Å²) in [5.74, 6) is 1.47. The van der Waals surface area contributed by atoms with E-state index in [-0.39, 0.29) is 0 Å². The van der Waals surface area contributed by atoms with E-state index in [4.69, 9.17) is 0 Å². The second kappa shape index (κ2) is 15.7. The first kappa shape index (κ1) is 39.5. The molecule has 10 aromatic carbocycles. The van der Waals surface area contributed by atoms with Gasteiger partial charge in [0.15, 0.2) is 0 Å². The maximum absolute atomic E-state index is 2.56.